The lowest BCUT2D eigenvalue weighted by Crippen LogP contribution is -2.31. The summed E-state index contributed by atoms with van der Waals surface area (Å²) >= 11 is 0. The summed E-state index contributed by atoms with van der Waals surface area (Å²) in [6, 6.07) is 0. The van der Waals surface area contributed by atoms with Gasteiger partial charge in [0.15, 0.2) is 5.79 Å². The molecule has 0 saturated carbocycles. The van der Waals surface area contributed by atoms with Gasteiger partial charge >= 0.3 is 5.97 Å². The van der Waals surface area contributed by atoms with Crippen LogP contribution in [0.15, 0.2) is 0 Å². The molecule has 1 aliphatic rings. The van der Waals surface area contributed by atoms with E-state index in [1.54, 1.807) is 7.11 Å². The van der Waals surface area contributed by atoms with Gasteiger partial charge in [-0.3, -0.25) is 4.79 Å². The van der Waals surface area contributed by atoms with Crippen molar-refractivity contribution >= 4 is 12.3 Å². The van der Waals surface area contributed by atoms with Crippen LogP contribution in [0.3, 0.4) is 0 Å². The summed E-state index contributed by atoms with van der Waals surface area (Å²) in [5.41, 5.74) is 0. The number of methoxy groups -OCH3 is 1. The standard InChI is InChI=1S/C31H60O6.C10H20O/c1-3-4-5-6-7-10-15-22-30(33)35-27-19-14-9-12-17-24-31(23-16-11-8-13-18-26-34-2)36-28-29(37-31)21-20-25-32;1-2-3-4-5-6-7-8-9-10-11/h29,32H,3-28H2,1-2H3;10H,2-9H2,1H3. The SMILES string of the molecule is CCCCCCCCCC(=O)OCCCCCCCC1(CCCCCCCOC)OCC(CCCO)O1.CCCCCCCCCC=O. The van der Waals surface area contributed by atoms with Gasteiger partial charge in [0, 0.05) is 46.0 Å². The number of hydrogen-bond donors (Lipinski definition) is 1. The molecule has 1 fully saturated rings. The van der Waals surface area contributed by atoms with Crippen molar-refractivity contribution < 1.29 is 33.6 Å². The van der Waals surface area contributed by atoms with Crippen LogP contribution in [0.5, 0.6) is 0 Å². The second-order valence-electron chi connectivity index (χ2n) is 14.0. The summed E-state index contributed by atoms with van der Waals surface area (Å²) in [5.74, 6) is -0.460. The van der Waals surface area contributed by atoms with Gasteiger partial charge in [-0.1, -0.05) is 129 Å². The van der Waals surface area contributed by atoms with E-state index in [1.807, 2.05) is 0 Å². The van der Waals surface area contributed by atoms with E-state index in [0.717, 1.165) is 109 Å². The third-order valence-electron chi connectivity index (χ3n) is 9.38. The minimum atomic E-state index is -0.432. The zero-order chi connectivity index (χ0) is 35.2. The summed E-state index contributed by atoms with van der Waals surface area (Å²) in [5, 5.41) is 9.16. The minimum Gasteiger partial charge on any atom is -0.466 e. The van der Waals surface area contributed by atoms with Crippen molar-refractivity contribution in [2.24, 2.45) is 0 Å². The van der Waals surface area contributed by atoms with Gasteiger partial charge in [0.2, 0.25) is 0 Å². The molecule has 1 N–H and O–H groups in total. The number of aliphatic hydroxyl groups is 1. The van der Waals surface area contributed by atoms with Crippen LogP contribution in [0.4, 0.5) is 0 Å². The van der Waals surface area contributed by atoms with Crippen LogP contribution >= 0.6 is 0 Å². The van der Waals surface area contributed by atoms with Gasteiger partial charge in [-0.05, 0) is 51.4 Å². The average Bonchev–Trinajstić information content (AvgIpc) is 3.50. The molecule has 7 nitrogen and oxygen atoms in total. The second-order valence-corrected chi connectivity index (χ2v) is 14.0. The van der Waals surface area contributed by atoms with Gasteiger partial charge in [-0.2, -0.15) is 0 Å². The van der Waals surface area contributed by atoms with Gasteiger partial charge in [-0.25, -0.2) is 0 Å². The maximum atomic E-state index is 11.9. The van der Waals surface area contributed by atoms with E-state index >= 15 is 0 Å². The third kappa shape index (κ3) is 31.0. The first-order valence-corrected chi connectivity index (χ1v) is 20.6. The Morgan fingerprint density at radius 3 is 1.73 bits per heavy atom. The number of unbranched alkanes of at least 4 members (excludes halogenated alkanes) is 21. The van der Waals surface area contributed by atoms with Gasteiger partial charge in [0.25, 0.3) is 0 Å². The van der Waals surface area contributed by atoms with Crippen LogP contribution in [0.25, 0.3) is 0 Å². The van der Waals surface area contributed by atoms with Crippen LogP contribution in [0.2, 0.25) is 0 Å². The number of aliphatic hydroxyl groups excluding tert-OH is 1. The Balaban J connectivity index is 0.00000171. The Morgan fingerprint density at radius 2 is 1.19 bits per heavy atom. The molecule has 0 bridgehead atoms. The number of carbonyl (C=O) groups is 2. The Bertz CT molecular complexity index is 673. The first-order chi connectivity index (χ1) is 23.6. The maximum absolute atomic E-state index is 11.9. The highest BCUT2D eigenvalue weighted by Gasteiger charge is 2.40. The normalized spacial score (nSPS) is 17.3. The molecule has 2 unspecified atom stereocenters. The van der Waals surface area contributed by atoms with Crippen molar-refractivity contribution in [3.63, 3.8) is 0 Å². The molecule has 1 rings (SSSR count). The summed E-state index contributed by atoms with van der Waals surface area (Å²) < 4.78 is 23.2. The molecular formula is C41H80O7. The Morgan fingerprint density at radius 1 is 0.688 bits per heavy atom. The zero-order valence-electron chi connectivity index (χ0n) is 32.1. The number of ether oxygens (including phenoxy) is 4. The highest BCUT2D eigenvalue weighted by atomic mass is 16.7. The van der Waals surface area contributed by atoms with E-state index in [-0.39, 0.29) is 18.7 Å². The molecule has 7 heteroatoms. The number of esters is 1. The molecule has 0 aromatic rings. The molecule has 0 radical (unpaired) electrons. The van der Waals surface area contributed by atoms with Gasteiger partial charge in [0.05, 0.1) is 19.3 Å². The molecular weight excluding hydrogens is 604 g/mol. The number of carbonyl (C=O) groups excluding carboxylic acids is 2. The van der Waals surface area contributed by atoms with E-state index in [2.05, 4.69) is 13.8 Å². The smallest absolute Gasteiger partial charge is 0.305 e. The lowest BCUT2D eigenvalue weighted by molar-refractivity contribution is -0.180. The van der Waals surface area contributed by atoms with Crippen LogP contribution in [-0.2, 0) is 28.5 Å². The molecule has 0 aromatic carbocycles. The Kier molecular flexibility index (Phi) is 36.4. The highest BCUT2D eigenvalue weighted by Crippen LogP contribution is 2.36. The minimum absolute atomic E-state index is 0.0273. The van der Waals surface area contributed by atoms with E-state index in [1.165, 1.54) is 89.9 Å². The largest absolute Gasteiger partial charge is 0.466 e. The van der Waals surface area contributed by atoms with Crippen LogP contribution in [0, 0.1) is 0 Å². The van der Waals surface area contributed by atoms with Crippen LogP contribution < -0.4 is 0 Å². The number of aldehydes is 1. The Hall–Kier alpha value is -1.02. The summed E-state index contributed by atoms with van der Waals surface area (Å²) in [4.78, 5) is 21.8. The molecule has 1 heterocycles. The first kappa shape index (κ1) is 47.0. The van der Waals surface area contributed by atoms with Gasteiger partial charge in [0.1, 0.15) is 6.29 Å². The van der Waals surface area contributed by atoms with Crippen molar-refractivity contribution in [1.29, 1.82) is 0 Å². The van der Waals surface area contributed by atoms with E-state index < -0.39 is 5.79 Å². The first-order valence-electron chi connectivity index (χ1n) is 20.6. The lowest BCUT2D eigenvalue weighted by atomic mass is 9.99. The monoisotopic (exact) mass is 685 g/mol. The summed E-state index contributed by atoms with van der Waals surface area (Å²) in [6.07, 6.45) is 35.0. The average molecular weight is 685 g/mol. The molecule has 2 atom stereocenters. The van der Waals surface area contributed by atoms with Gasteiger partial charge < -0.3 is 28.8 Å². The van der Waals surface area contributed by atoms with Crippen molar-refractivity contribution in [2.45, 2.75) is 218 Å². The molecule has 0 amide bonds. The molecule has 1 saturated heterocycles. The Labute approximate surface area is 297 Å². The summed E-state index contributed by atoms with van der Waals surface area (Å²) in [7, 11) is 1.76. The fourth-order valence-electron chi connectivity index (χ4n) is 6.33. The molecule has 48 heavy (non-hydrogen) atoms. The van der Waals surface area contributed by atoms with Crippen molar-refractivity contribution in [3.05, 3.63) is 0 Å². The topological polar surface area (TPSA) is 91.3 Å². The molecule has 1 aliphatic heterocycles. The van der Waals surface area contributed by atoms with E-state index in [9.17, 15) is 9.59 Å². The van der Waals surface area contributed by atoms with Crippen molar-refractivity contribution in [2.75, 3.05) is 33.5 Å². The lowest BCUT2D eigenvalue weighted by Gasteiger charge is -2.28. The molecule has 286 valence electrons. The van der Waals surface area contributed by atoms with E-state index in [0.29, 0.717) is 19.6 Å². The van der Waals surface area contributed by atoms with Crippen molar-refractivity contribution in [1.82, 2.24) is 0 Å². The zero-order valence-corrected chi connectivity index (χ0v) is 32.1. The number of rotatable bonds is 35. The predicted molar refractivity (Wildman–Crippen MR) is 199 cm³/mol. The quantitative estimate of drug-likeness (QED) is 0.0403. The molecule has 0 aliphatic carbocycles. The van der Waals surface area contributed by atoms with E-state index in [4.69, 9.17) is 24.1 Å². The fourth-order valence-corrected chi connectivity index (χ4v) is 6.33. The molecule has 0 aromatic heterocycles. The molecule has 0 spiro atoms. The highest BCUT2D eigenvalue weighted by molar-refractivity contribution is 5.69. The van der Waals surface area contributed by atoms with Gasteiger partial charge in [-0.15, -0.1) is 0 Å². The summed E-state index contributed by atoms with van der Waals surface area (Å²) in [6.45, 7) is 6.73. The maximum Gasteiger partial charge on any atom is 0.305 e. The van der Waals surface area contributed by atoms with Crippen LogP contribution in [-0.4, -0.2) is 62.8 Å². The fraction of sp³-hybridized carbons (Fsp3) is 0.951. The second kappa shape index (κ2) is 37.2. The predicted octanol–water partition coefficient (Wildman–Crippen LogP) is 11.2. The number of hydrogen-bond acceptors (Lipinski definition) is 7. The van der Waals surface area contributed by atoms with Crippen molar-refractivity contribution in [3.8, 4) is 0 Å². The van der Waals surface area contributed by atoms with Crippen LogP contribution in [0.1, 0.15) is 206 Å². The third-order valence-corrected chi connectivity index (χ3v) is 9.38.